The van der Waals surface area contributed by atoms with E-state index in [1.165, 1.54) is 0 Å². The Morgan fingerprint density at radius 1 is 1.00 bits per heavy atom. The van der Waals surface area contributed by atoms with Crippen molar-refractivity contribution in [3.05, 3.63) is 53.1 Å². The molecule has 1 aliphatic carbocycles. The Labute approximate surface area is 199 Å². The van der Waals surface area contributed by atoms with Gasteiger partial charge in [-0.2, -0.15) is 4.98 Å². The highest BCUT2D eigenvalue weighted by Crippen LogP contribution is 2.27. The lowest BCUT2D eigenvalue weighted by atomic mass is 9.91. The van der Waals surface area contributed by atoms with Crippen molar-refractivity contribution in [2.45, 2.75) is 44.7 Å². The Balaban J connectivity index is 1.33. The van der Waals surface area contributed by atoms with E-state index in [1.54, 1.807) is 0 Å². The number of nitrogens with zero attached hydrogens (tertiary/aromatic N) is 3. The maximum atomic E-state index is 6.21. The maximum absolute atomic E-state index is 6.21. The molecular formula is C24H29ClN6S. The zero-order chi connectivity index (χ0) is 22.7. The highest BCUT2D eigenvalue weighted by atomic mass is 35.5. The summed E-state index contributed by atoms with van der Waals surface area (Å²) in [6, 6.07) is 14.6. The molecule has 0 aliphatic heterocycles. The number of thiocarbonyl (C=S) groups is 1. The fourth-order valence-corrected chi connectivity index (χ4v) is 4.57. The fourth-order valence-electron chi connectivity index (χ4n) is 4.12. The molecule has 168 valence electrons. The van der Waals surface area contributed by atoms with E-state index < -0.39 is 0 Å². The highest BCUT2D eigenvalue weighted by molar-refractivity contribution is 7.80. The molecule has 0 amide bonds. The van der Waals surface area contributed by atoms with Gasteiger partial charge in [-0.15, -0.1) is 0 Å². The Bertz CT molecular complexity index is 1110. The monoisotopic (exact) mass is 468 g/mol. The molecule has 4 rings (SSSR count). The summed E-state index contributed by atoms with van der Waals surface area (Å²) >= 11 is 11.7. The summed E-state index contributed by atoms with van der Waals surface area (Å²) in [7, 11) is 4.02. The molecule has 0 atom stereocenters. The molecule has 1 saturated carbocycles. The standard InChI is InChI=1S/C24H29ClN6S/c1-15-19(25)8-6-10-20(15)29-24(32)27-17-13-11-16(12-14-17)26-23-28-21-9-5-4-7-18(21)22(30-23)31(2)3/h4-10,16-17H,11-14H2,1-3H3,(H,26,28,30)(H2,27,29,32)/t16-,17+. The molecule has 1 heterocycles. The van der Waals surface area contributed by atoms with Crippen LogP contribution < -0.4 is 20.9 Å². The van der Waals surface area contributed by atoms with Gasteiger partial charge in [0.25, 0.3) is 0 Å². The molecule has 0 bridgehead atoms. The summed E-state index contributed by atoms with van der Waals surface area (Å²) in [6.45, 7) is 1.99. The van der Waals surface area contributed by atoms with Gasteiger partial charge in [0.2, 0.25) is 5.95 Å². The van der Waals surface area contributed by atoms with Crippen LogP contribution in [0.3, 0.4) is 0 Å². The maximum Gasteiger partial charge on any atom is 0.225 e. The van der Waals surface area contributed by atoms with Gasteiger partial charge >= 0.3 is 0 Å². The van der Waals surface area contributed by atoms with Crippen molar-refractivity contribution in [3.63, 3.8) is 0 Å². The van der Waals surface area contributed by atoms with Crippen molar-refractivity contribution >= 4 is 57.3 Å². The zero-order valence-electron chi connectivity index (χ0n) is 18.7. The first kappa shape index (κ1) is 22.6. The normalized spacial score (nSPS) is 18.2. The smallest absolute Gasteiger partial charge is 0.225 e. The number of nitrogens with one attached hydrogen (secondary N) is 3. The van der Waals surface area contributed by atoms with Gasteiger partial charge in [0.1, 0.15) is 5.82 Å². The Morgan fingerprint density at radius 2 is 1.72 bits per heavy atom. The van der Waals surface area contributed by atoms with Crippen LogP contribution in [0.25, 0.3) is 10.9 Å². The number of para-hydroxylation sites is 1. The quantitative estimate of drug-likeness (QED) is 0.435. The second kappa shape index (κ2) is 9.88. The van der Waals surface area contributed by atoms with E-state index in [-0.39, 0.29) is 0 Å². The van der Waals surface area contributed by atoms with E-state index >= 15 is 0 Å². The van der Waals surface area contributed by atoms with Gasteiger partial charge in [-0.05, 0) is 74.7 Å². The summed E-state index contributed by atoms with van der Waals surface area (Å²) in [6.07, 6.45) is 4.12. The summed E-state index contributed by atoms with van der Waals surface area (Å²) in [4.78, 5) is 11.5. The lowest BCUT2D eigenvalue weighted by molar-refractivity contribution is 0.387. The molecule has 0 saturated heterocycles. The molecule has 6 nitrogen and oxygen atoms in total. The zero-order valence-corrected chi connectivity index (χ0v) is 20.2. The number of halogens is 1. The molecule has 1 aromatic heterocycles. The van der Waals surface area contributed by atoms with Crippen LogP contribution in [0.1, 0.15) is 31.2 Å². The van der Waals surface area contributed by atoms with Gasteiger partial charge in [0.15, 0.2) is 5.11 Å². The Hall–Kier alpha value is -2.64. The Morgan fingerprint density at radius 3 is 2.47 bits per heavy atom. The first-order chi connectivity index (χ1) is 15.4. The van der Waals surface area contributed by atoms with Gasteiger partial charge in [-0.1, -0.05) is 29.8 Å². The van der Waals surface area contributed by atoms with E-state index in [4.69, 9.17) is 33.8 Å². The van der Waals surface area contributed by atoms with Gasteiger partial charge in [0, 0.05) is 42.3 Å². The Kier molecular flexibility index (Phi) is 6.96. The SMILES string of the molecule is Cc1c(Cl)cccc1NC(=S)N[C@H]1CC[C@@H](Nc2nc(N(C)C)c3ccccc3n2)CC1. The third kappa shape index (κ3) is 5.22. The predicted octanol–water partition coefficient (Wildman–Crippen LogP) is 5.37. The van der Waals surface area contributed by atoms with Crippen molar-refractivity contribution < 1.29 is 0 Å². The van der Waals surface area contributed by atoms with E-state index in [2.05, 4.69) is 22.0 Å². The predicted molar refractivity (Wildman–Crippen MR) is 139 cm³/mol. The summed E-state index contributed by atoms with van der Waals surface area (Å²) in [5.41, 5.74) is 2.89. The van der Waals surface area contributed by atoms with Crippen LogP contribution in [-0.2, 0) is 0 Å². The molecule has 1 aliphatic rings. The number of anilines is 3. The minimum Gasteiger partial charge on any atom is -0.362 e. The molecule has 2 aromatic carbocycles. The summed E-state index contributed by atoms with van der Waals surface area (Å²) < 4.78 is 0. The molecule has 3 N–H and O–H groups in total. The number of hydrogen-bond donors (Lipinski definition) is 3. The van der Waals surface area contributed by atoms with Crippen LogP contribution in [-0.4, -0.2) is 41.3 Å². The third-order valence-corrected chi connectivity index (χ3v) is 6.55. The molecule has 0 radical (unpaired) electrons. The lowest BCUT2D eigenvalue weighted by Gasteiger charge is -2.30. The average Bonchev–Trinajstić information content (AvgIpc) is 2.77. The summed E-state index contributed by atoms with van der Waals surface area (Å²) in [5, 5.41) is 12.7. The average molecular weight is 469 g/mol. The molecule has 32 heavy (non-hydrogen) atoms. The van der Waals surface area contributed by atoms with Gasteiger partial charge in [0.05, 0.1) is 5.52 Å². The van der Waals surface area contributed by atoms with E-state index in [0.717, 1.165) is 58.7 Å². The van der Waals surface area contributed by atoms with Crippen molar-refractivity contribution in [3.8, 4) is 0 Å². The van der Waals surface area contributed by atoms with Crippen LogP contribution in [0.4, 0.5) is 17.5 Å². The molecule has 0 spiro atoms. The minimum absolute atomic E-state index is 0.348. The third-order valence-electron chi connectivity index (χ3n) is 5.92. The van der Waals surface area contributed by atoms with E-state index in [1.807, 2.05) is 62.3 Å². The minimum atomic E-state index is 0.348. The van der Waals surface area contributed by atoms with Gasteiger partial charge < -0.3 is 20.9 Å². The number of aromatic nitrogens is 2. The number of hydrogen-bond acceptors (Lipinski definition) is 5. The van der Waals surface area contributed by atoms with Crippen LogP contribution >= 0.6 is 23.8 Å². The number of benzene rings is 2. The lowest BCUT2D eigenvalue weighted by Crippen LogP contribution is -2.42. The highest BCUT2D eigenvalue weighted by Gasteiger charge is 2.23. The van der Waals surface area contributed by atoms with Crippen LogP contribution in [0, 0.1) is 6.92 Å². The van der Waals surface area contributed by atoms with Crippen LogP contribution in [0.5, 0.6) is 0 Å². The molecular weight excluding hydrogens is 440 g/mol. The topological polar surface area (TPSA) is 65.1 Å². The first-order valence-electron chi connectivity index (χ1n) is 10.9. The number of fused-ring (bicyclic) bond motifs is 1. The second-order valence-corrected chi connectivity index (χ2v) is 9.30. The van der Waals surface area contributed by atoms with Crippen LogP contribution in [0.2, 0.25) is 5.02 Å². The largest absolute Gasteiger partial charge is 0.362 e. The van der Waals surface area contributed by atoms with Crippen molar-refractivity contribution in [2.75, 3.05) is 29.6 Å². The van der Waals surface area contributed by atoms with Gasteiger partial charge in [-0.3, -0.25) is 0 Å². The summed E-state index contributed by atoms with van der Waals surface area (Å²) in [5.74, 6) is 1.62. The van der Waals surface area contributed by atoms with Crippen molar-refractivity contribution in [1.29, 1.82) is 0 Å². The van der Waals surface area contributed by atoms with Crippen molar-refractivity contribution in [1.82, 2.24) is 15.3 Å². The molecule has 3 aromatic rings. The van der Waals surface area contributed by atoms with Gasteiger partial charge in [-0.25, -0.2) is 4.98 Å². The first-order valence-corrected chi connectivity index (χ1v) is 11.7. The van der Waals surface area contributed by atoms with E-state index in [0.29, 0.717) is 23.1 Å². The molecule has 0 unspecified atom stereocenters. The molecule has 8 heteroatoms. The number of rotatable bonds is 5. The van der Waals surface area contributed by atoms with Crippen LogP contribution in [0.15, 0.2) is 42.5 Å². The van der Waals surface area contributed by atoms with E-state index in [9.17, 15) is 0 Å². The second-order valence-electron chi connectivity index (χ2n) is 8.49. The fraction of sp³-hybridized carbons (Fsp3) is 0.375. The van der Waals surface area contributed by atoms with Crippen molar-refractivity contribution in [2.24, 2.45) is 0 Å². The molecule has 1 fully saturated rings.